The van der Waals surface area contributed by atoms with E-state index < -0.39 is 28.7 Å². The number of ether oxygens (including phenoxy) is 1. The molecule has 0 fully saturated rings. The number of carbonyl (C=O) groups is 3. The topological polar surface area (TPSA) is 127 Å². The van der Waals surface area contributed by atoms with Crippen molar-refractivity contribution in [1.29, 1.82) is 0 Å². The van der Waals surface area contributed by atoms with E-state index in [1.54, 1.807) is 64.4 Å². The van der Waals surface area contributed by atoms with Crippen molar-refractivity contribution in [3.05, 3.63) is 141 Å². The monoisotopic (exact) mass is 673 g/mol. The maximum Gasteiger partial charge on any atom is 0.313 e. The standard InChI is InChI=1S/C41H43N3O6/c1-26-21-22-44(25-28-13-19-33(50-6)20-14-28)37(46)35(26)43-36(45)34(23-27-11-16-31(17-12-27)41(4,5)39(48)49)42-38(47)40(2,3)32-18-15-29-9-7-8-10-30(29)24-32/h7-22,24,34H,23,25H2,1-6H3,(H,42,47)(H,43,45)(H,48,49)/t34-/m0/s1. The van der Waals surface area contributed by atoms with Crippen molar-refractivity contribution in [2.75, 3.05) is 12.4 Å². The van der Waals surface area contributed by atoms with E-state index in [9.17, 15) is 24.3 Å². The largest absolute Gasteiger partial charge is 0.497 e. The van der Waals surface area contributed by atoms with Crippen molar-refractivity contribution >= 4 is 34.2 Å². The predicted molar refractivity (Wildman–Crippen MR) is 196 cm³/mol. The number of carbonyl (C=O) groups excluding carboxylic acids is 2. The minimum absolute atomic E-state index is 0.102. The van der Waals surface area contributed by atoms with Crippen LogP contribution in [0.25, 0.3) is 10.8 Å². The lowest BCUT2D eigenvalue weighted by Crippen LogP contribution is -2.51. The van der Waals surface area contributed by atoms with Crippen LogP contribution in [-0.4, -0.2) is 40.6 Å². The molecule has 0 aliphatic rings. The molecule has 0 unspecified atom stereocenters. The molecule has 3 N–H and O–H groups in total. The van der Waals surface area contributed by atoms with E-state index >= 15 is 0 Å². The van der Waals surface area contributed by atoms with Crippen molar-refractivity contribution in [2.45, 2.75) is 64.5 Å². The van der Waals surface area contributed by atoms with E-state index in [1.165, 1.54) is 4.57 Å². The Morgan fingerprint density at radius 2 is 1.42 bits per heavy atom. The van der Waals surface area contributed by atoms with Gasteiger partial charge in [-0.15, -0.1) is 0 Å². The molecule has 0 aliphatic heterocycles. The van der Waals surface area contributed by atoms with E-state index in [-0.39, 0.29) is 30.1 Å². The fraction of sp³-hybridized carbons (Fsp3) is 0.268. The third-order valence-electron chi connectivity index (χ3n) is 9.44. The molecule has 1 atom stereocenters. The summed E-state index contributed by atoms with van der Waals surface area (Å²) in [5.41, 5.74) is 1.19. The number of aromatic nitrogens is 1. The van der Waals surface area contributed by atoms with E-state index in [2.05, 4.69) is 10.6 Å². The SMILES string of the molecule is COc1ccc(Cn2ccc(C)c(NC(=O)[C@H](Cc3ccc(C(C)(C)C(=O)O)cc3)NC(=O)C(C)(C)c3ccc4ccccc4c3)c2=O)cc1. The zero-order valence-corrected chi connectivity index (χ0v) is 29.2. The summed E-state index contributed by atoms with van der Waals surface area (Å²) < 4.78 is 6.76. The van der Waals surface area contributed by atoms with Gasteiger partial charge in [-0.2, -0.15) is 0 Å². The number of benzene rings is 4. The summed E-state index contributed by atoms with van der Waals surface area (Å²) in [6.45, 7) is 8.89. The number of rotatable bonds is 12. The van der Waals surface area contributed by atoms with Crippen LogP contribution in [-0.2, 0) is 38.2 Å². The summed E-state index contributed by atoms with van der Waals surface area (Å²) in [5.74, 6) is -1.17. The molecule has 5 aromatic rings. The highest BCUT2D eigenvalue weighted by Gasteiger charge is 2.34. The Morgan fingerprint density at radius 3 is 2.06 bits per heavy atom. The highest BCUT2D eigenvalue weighted by Crippen LogP contribution is 2.28. The van der Waals surface area contributed by atoms with Crippen LogP contribution >= 0.6 is 0 Å². The smallest absolute Gasteiger partial charge is 0.313 e. The number of hydrogen-bond donors (Lipinski definition) is 3. The molecule has 0 saturated heterocycles. The molecule has 5 rings (SSSR count). The van der Waals surface area contributed by atoms with Crippen LogP contribution in [0.2, 0.25) is 0 Å². The zero-order valence-electron chi connectivity index (χ0n) is 29.2. The fourth-order valence-electron chi connectivity index (χ4n) is 5.75. The molecule has 258 valence electrons. The number of aryl methyl sites for hydroxylation is 1. The summed E-state index contributed by atoms with van der Waals surface area (Å²) in [4.78, 5) is 53.6. The Bertz CT molecular complexity index is 2100. The summed E-state index contributed by atoms with van der Waals surface area (Å²) in [7, 11) is 1.59. The van der Waals surface area contributed by atoms with Crippen molar-refractivity contribution in [1.82, 2.24) is 9.88 Å². The van der Waals surface area contributed by atoms with Crippen LogP contribution in [0.3, 0.4) is 0 Å². The van der Waals surface area contributed by atoms with Crippen molar-refractivity contribution in [2.24, 2.45) is 0 Å². The van der Waals surface area contributed by atoms with Crippen molar-refractivity contribution in [3.8, 4) is 5.75 Å². The van der Waals surface area contributed by atoms with Crippen molar-refractivity contribution < 1.29 is 24.2 Å². The van der Waals surface area contributed by atoms with Gasteiger partial charge in [-0.1, -0.05) is 78.9 Å². The molecule has 0 spiro atoms. The number of amides is 2. The second-order valence-corrected chi connectivity index (χ2v) is 13.7. The Morgan fingerprint density at radius 1 is 0.800 bits per heavy atom. The van der Waals surface area contributed by atoms with Gasteiger partial charge in [0.25, 0.3) is 5.56 Å². The van der Waals surface area contributed by atoms with Gasteiger partial charge in [0, 0.05) is 12.6 Å². The number of anilines is 1. The number of fused-ring (bicyclic) bond motifs is 1. The number of aliphatic carboxylic acids is 1. The summed E-state index contributed by atoms with van der Waals surface area (Å²) in [6.07, 6.45) is 1.79. The molecular formula is C41H43N3O6. The molecule has 9 nitrogen and oxygen atoms in total. The maximum atomic E-state index is 14.1. The Balaban J connectivity index is 1.44. The minimum Gasteiger partial charge on any atom is -0.497 e. The first-order valence-electron chi connectivity index (χ1n) is 16.5. The lowest BCUT2D eigenvalue weighted by atomic mass is 9.82. The average molecular weight is 674 g/mol. The van der Waals surface area contributed by atoms with Crippen LogP contribution in [0.1, 0.15) is 55.5 Å². The quantitative estimate of drug-likeness (QED) is 0.141. The minimum atomic E-state index is -1.11. The number of methoxy groups -OCH3 is 1. The van der Waals surface area contributed by atoms with Gasteiger partial charge in [0.2, 0.25) is 11.8 Å². The number of pyridine rings is 1. The van der Waals surface area contributed by atoms with Gasteiger partial charge in [-0.05, 0) is 91.4 Å². The predicted octanol–water partition coefficient (Wildman–Crippen LogP) is 6.37. The van der Waals surface area contributed by atoms with Crippen LogP contribution in [0.4, 0.5) is 5.69 Å². The number of carboxylic acid groups (broad SMARTS) is 1. The first-order valence-corrected chi connectivity index (χ1v) is 16.5. The first-order chi connectivity index (χ1) is 23.7. The van der Waals surface area contributed by atoms with Gasteiger partial charge in [0.1, 0.15) is 17.5 Å². The second-order valence-electron chi connectivity index (χ2n) is 13.7. The maximum absolute atomic E-state index is 14.1. The zero-order chi connectivity index (χ0) is 36.2. The molecule has 0 aliphatic carbocycles. The van der Waals surface area contributed by atoms with Gasteiger partial charge in [0.15, 0.2) is 0 Å². The molecule has 9 heteroatoms. The Kier molecular flexibility index (Phi) is 10.3. The Hall–Kier alpha value is -5.70. The third kappa shape index (κ3) is 7.62. The summed E-state index contributed by atoms with van der Waals surface area (Å²) in [5, 5.41) is 17.5. The van der Waals surface area contributed by atoms with Crippen LogP contribution < -0.4 is 20.9 Å². The average Bonchev–Trinajstić information content (AvgIpc) is 3.11. The van der Waals surface area contributed by atoms with Gasteiger partial charge >= 0.3 is 5.97 Å². The number of nitrogens with one attached hydrogen (secondary N) is 2. The molecule has 4 aromatic carbocycles. The summed E-state index contributed by atoms with van der Waals surface area (Å²) >= 11 is 0. The highest BCUT2D eigenvalue weighted by molar-refractivity contribution is 5.99. The van der Waals surface area contributed by atoms with Crippen LogP contribution in [0.15, 0.2) is 108 Å². The van der Waals surface area contributed by atoms with Gasteiger partial charge in [-0.3, -0.25) is 19.2 Å². The normalized spacial score (nSPS) is 12.3. The van der Waals surface area contributed by atoms with Gasteiger partial charge in [0.05, 0.1) is 24.5 Å². The molecule has 1 heterocycles. The molecule has 0 bridgehead atoms. The van der Waals surface area contributed by atoms with E-state index in [0.29, 0.717) is 22.4 Å². The Labute approximate surface area is 291 Å². The van der Waals surface area contributed by atoms with Crippen LogP contribution in [0, 0.1) is 6.92 Å². The lowest BCUT2D eigenvalue weighted by Gasteiger charge is -2.28. The summed E-state index contributed by atoms with van der Waals surface area (Å²) in [6, 6.07) is 28.8. The first kappa shape index (κ1) is 35.6. The fourth-order valence-corrected chi connectivity index (χ4v) is 5.75. The van der Waals surface area contributed by atoms with Gasteiger partial charge in [-0.25, -0.2) is 0 Å². The van der Waals surface area contributed by atoms with Gasteiger partial charge < -0.3 is 25.0 Å². The van der Waals surface area contributed by atoms with Crippen LogP contribution in [0.5, 0.6) is 5.75 Å². The highest BCUT2D eigenvalue weighted by atomic mass is 16.5. The molecule has 50 heavy (non-hydrogen) atoms. The van der Waals surface area contributed by atoms with E-state index in [4.69, 9.17) is 4.74 Å². The molecule has 0 radical (unpaired) electrons. The van der Waals surface area contributed by atoms with Crippen molar-refractivity contribution in [3.63, 3.8) is 0 Å². The number of hydrogen-bond acceptors (Lipinski definition) is 5. The third-order valence-corrected chi connectivity index (χ3v) is 9.44. The number of carboxylic acids is 1. The van der Waals surface area contributed by atoms with E-state index in [1.807, 2.05) is 80.6 Å². The van der Waals surface area contributed by atoms with E-state index in [0.717, 1.165) is 21.9 Å². The molecule has 1 aromatic heterocycles. The molecule has 2 amide bonds. The second kappa shape index (κ2) is 14.4. The molecular weight excluding hydrogens is 630 g/mol. The number of nitrogens with zero attached hydrogens (tertiary/aromatic N) is 1. The molecule has 0 saturated carbocycles. The lowest BCUT2D eigenvalue weighted by molar-refractivity contribution is -0.142.